The molecule has 0 bridgehead atoms. The van der Waals surface area contributed by atoms with Crippen LogP contribution in [0.5, 0.6) is 0 Å². The van der Waals surface area contributed by atoms with Crippen molar-refractivity contribution in [3.05, 3.63) is 57.0 Å². The van der Waals surface area contributed by atoms with E-state index in [2.05, 4.69) is 5.32 Å². The predicted molar refractivity (Wildman–Crippen MR) is 131 cm³/mol. The molecule has 2 aliphatic rings. The SMILES string of the molecule is C[C@H](Nc1nc2c(c(=O)n1N1CCOCC1)CN(C(=O)OC(C)(C)C)CC2)c1ccc(C(F)(F)F)cc1. The summed E-state index contributed by atoms with van der Waals surface area (Å²) in [5, 5.41) is 5.05. The third-order valence-corrected chi connectivity index (χ3v) is 6.21. The van der Waals surface area contributed by atoms with Crippen molar-refractivity contribution in [1.29, 1.82) is 0 Å². The molecule has 12 heteroatoms. The number of fused-ring (bicyclic) bond motifs is 1. The maximum Gasteiger partial charge on any atom is 0.416 e. The molecule has 1 aromatic carbocycles. The first-order valence-corrected chi connectivity index (χ1v) is 12.2. The quantitative estimate of drug-likeness (QED) is 0.654. The summed E-state index contributed by atoms with van der Waals surface area (Å²) < 4.78 is 51.3. The van der Waals surface area contributed by atoms with Gasteiger partial charge in [0.05, 0.1) is 55.7 Å². The fourth-order valence-electron chi connectivity index (χ4n) is 4.30. The molecule has 202 valence electrons. The highest BCUT2D eigenvalue weighted by Crippen LogP contribution is 2.30. The molecule has 0 saturated carbocycles. The van der Waals surface area contributed by atoms with Crippen molar-refractivity contribution in [2.45, 2.75) is 58.5 Å². The minimum Gasteiger partial charge on any atom is -0.444 e. The van der Waals surface area contributed by atoms with E-state index in [1.54, 1.807) is 27.7 Å². The van der Waals surface area contributed by atoms with Crippen molar-refractivity contribution in [2.75, 3.05) is 43.2 Å². The number of amides is 1. The van der Waals surface area contributed by atoms with E-state index in [0.717, 1.165) is 12.1 Å². The largest absolute Gasteiger partial charge is 0.444 e. The van der Waals surface area contributed by atoms with Gasteiger partial charge >= 0.3 is 12.3 Å². The van der Waals surface area contributed by atoms with E-state index in [9.17, 15) is 22.8 Å². The van der Waals surface area contributed by atoms with Crippen LogP contribution in [0.3, 0.4) is 0 Å². The Labute approximate surface area is 213 Å². The molecule has 2 aromatic rings. The van der Waals surface area contributed by atoms with Gasteiger partial charge in [-0.1, -0.05) is 12.1 Å². The third-order valence-electron chi connectivity index (χ3n) is 6.21. The van der Waals surface area contributed by atoms with Crippen LogP contribution in [0.15, 0.2) is 29.1 Å². The molecule has 1 aromatic heterocycles. The number of hydrogen-bond acceptors (Lipinski definition) is 7. The molecule has 1 fully saturated rings. The number of rotatable bonds is 4. The van der Waals surface area contributed by atoms with Crippen LogP contribution >= 0.6 is 0 Å². The van der Waals surface area contributed by atoms with E-state index < -0.39 is 29.5 Å². The van der Waals surface area contributed by atoms with E-state index >= 15 is 0 Å². The summed E-state index contributed by atoms with van der Waals surface area (Å²) in [6.07, 6.45) is -4.54. The zero-order valence-corrected chi connectivity index (χ0v) is 21.4. The Bertz CT molecular complexity index is 1190. The van der Waals surface area contributed by atoms with Crippen molar-refractivity contribution in [3.63, 3.8) is 0 Å². The van der Waals surface area contributed by atoms with Crippen LogP contribution in [-0.4, -0.2) is 59.1 Å². The van der Waals surface area contributed by atoms with Crippen molar-refractivity contribution in [1.82, 2.24) is 14.6 Å². The van der Waals surface area contributed by atoms with Crippen LogP contribution in [0.1, 0.15) is 56.1 Å². The lowest BCUT2D eigenvalue weighted by molar-refractivity contribution is -0.137. The van der Waals surface area contributed by atoms with E-state index in [-0.39, 0.29) is 12.1 Å². The highest BCUT2D eigenvalue weighted by atomic mass is 19.4. The summed E-state index contributed by atoms with van der Waals surface area (Å²) in [6.45, 7) is 9.35. The Morgan fingerprint density at radius 2 is 1.76 bits per heavy atom. The second-order valence-corrected chi connectivity index (χ2v) is 10.2. The van der Waals surface area contributed by atoms with Crippen molar-refractivity contribution < 1.29 is 27.4 Å². The van der Waals surface area contributed by atoms with Gasteiger partial charge in [0.25, 0.3) is 5.56 Å². The van der Waals surface area contributed by atoms with Crippen LogP contribution in [0.25, 0.3) is 0 Å². The summed E-state index contributed by atoms with van der Waals surface area (Å²) in [5.74, 6) is 0.295. The summed E-state index contributed by atoms with van der Waals surface area (Å²) in [6, 6.07) is 4.47. The zero-order chi connectivity index (χ0) is 27.0. The molecule has 0 unspecified atom stereocenters. The number of aromatic nitrogens is 2. The lowest BCUT2D eigenvalue weighted by Crippen LogP contribution is -2.52. The molecule has 2 aliphatic heterocycles. The molecule has 1 atom stereocenters. The van der Waals surface area contributed by atoms with E-state index in [1.807, 2.05) is 5.01 Å². The number of alkyl halides is 3. The van der Waals surface area contributed by atoms with Gasteiger partial charge in [-0.2, -0.15) is 17.8 Å². The van der Waals surface area contributed by atoms with Crippen LogP contribution in [0, 0.1) is 0 Å². The van der Waals surface area contributed by atoms with Gasteiger partial charge in [-0.15, -0.1) is 0 Å². The highest BCUT2D eigenvalue weighted by Gasteiger charge is 2.32. The lowest BCUT2D eigenvalue weighted by Gasteiger charge is -2.35. The zero-order valence-electron chi connectivity index (χ0n) is 21.4. The van der Waals surface area contributed by atoms with Crippen molar-refractivity contribution >= 4 is 12.0 Å². The molecule has 4 rings (SSSR count). The van der Waals surface area contributed by atoms with Crippen LogP contribution < -0.4 is 15.9 Å². The van der Waals surface area contributed by atoms with E-state index in [4.69, 9.17) is 14.5 Å². The average molecular weight is 524 g/mol. The van der Waals surface area contributed by atoms with Gasteiger partial charge in [-0.25, -0.2) is 9.78 Å². The second-order valence-electron chi connectivity index (χ2n) is 10.2. The van der Waals surface area contributed by atoms with Gasteiger partial charge in [0.2, 0.25) is 5.95 Å². The normalized spacial score (nSPS) is 17.3. The Morgan fingerprint density at radius 3 is 2.35 bits per heavy atom. The fourth-order valence-corrected chi connectivity index (χ4v) is 4.30. The molecule has 1 saturated heterocycles. The van der Waals surface area contributed by atoms with Crippen molar-refractivity contribution in [2.24, 2.45) is 0 Å². The standard InChI is InChI=1S/C25H32F3N5O4/c1-16(17-5-7-18(8-6-17)25(26,27)28)29-22-30-20-9-10-31(23(35)37-24(2,3)4)15-19(20)21(34)33(22)32-11-13-36-14-12-32/h5-8,16H,9-15H2,1-4H3,(H,29,30)/t16-/m0/s1. The van der Waals surface area contributed by atoms with E-state index in [0.29, 0.717) is 62.0 Å². The molecule has 1 amide bonds. The first kappa shape index (κ1) is 26.8. The van der Waals surface area contributed by atoms with Gasteiger partial charge in [-0.05, 0) is 45.4 Å². The number of anilines is 1. The molecule has 0 radical (unpaired) electrons. The number of hydrogen-bond donors (Lipinski definition) is 1. The molecule has 37 heavy (non-hydrogen) atoms. The Kier molecular flexibility index (Phi) is 7.40. The summed E-state index contributed by atoms with van der Waals surface area (Å²) in [5.41, 5.74) is -0.0824. The molecule has 3 heterocycles. The van der Waals surface area contributed by atoms with Crippen LogP contribution in [0.4, 0.5) is 23.9 Å². The highest BCUT2D eigenvalue weighted by molar-refractivity contribution is 5.68. The molecular formula is C25H32F3N5O4. The monoisotopic (exact) mass is 523 g/mol. The molecule has 0 aliphatic carbocycles. The molecule has 1 N–H and O–H groups in total. The fraction of sp³-hybridized carbons (Fsp3) is 0.560. The van der Waals surface area contributed by atoms with Gasteiger partial charge in [0, 0.05) is 13.0 Å². The molecular weight excluding hydrogens is 491 g/mol. The number of nitrogens with one attached hydrogen (secondary N) is 1. The Balaban J connectivity index is 1.65. The summed E-state index contributed by atoms with van der Waals surface area (Å²) >= 11 is 0. The van der Waals surface area contributed by atoms with E-state index in [1.165, 1.54) is 21.7 Å². The van der Waals surface area contributed by atoms with Crippen LogP contribution in [0.2, 0.25) is 0 Å². The van der Waals surface area contributed by atoms with Crippen molar-refractivity contribution in [3.8, 4) is 0 Å². The average Bonchev–Trinajstić information content (AvgIpc) is 2.83. The summed E-state index contributed by atoms with van der Waals surface area (Å²) in [4.78, 5) is 32.6. The number of carbonyl (C=O) groups is 1. The lowest BCUT2D eigenvalue weighted by atomic mass is 10.1. The number of halogens is 3. The number of nitrogens with zero attached hydrogens (tertiary/aromatic N) is 4. The number of carbonyl (C=O) groups excluding carboxylic acids is 1. The number of ether oxygens (including phenoxy) is 2. The maximum absolute atomic E-state index is 13.8. The Morgan fingerprint density at radius 1 is 1.11 bits per heavy atom. The number of morpholine rings is 1. The molecule has 9 nitrogen and oxygen atoms in total. The van der Waals surface area contributed by atoms with Gasteiger partial charge in [-0.3, -0.25) is 4.79 Å². The van der Waals surface area contributed by atoms with Gasteiger partial charge < -0.3 is 24.7 Å². The minimum atomic E-state index is -4.42. The minimum absolute atomic E-state index is 0.0785. The smallest absolute Gasteiger partial charge is 0.416 e. The predicted octanol–water partition coefficient (Wildman–Crippen LogP) is 3.70. The first-order valence-electron chi connectivity index (χ1n) is 12.2. The van der Waals surface area contributed by atoms with Gasteiger partial charge in [0.1, 0.15) is 5.60 Å². The first-order chi connectivity index (χ1) is 17.3. The maximum atomic E-state index is 13.8. The topological polar surface area (TPSA) is 88.9 Å². The second kappa shape index (κ2) is 10.2. The van der Waals surface area contributed by atoms with Gasteiger partial charge in [0.15, 0.2) is 0 Å². The number of benzene rings is 1. The van der Waals surface area contributed by atoms with Crippen LogP contribution in [-0.2, 0) is 28.6 Å². The Hall–Kier alpha value is -3.28. The summed E-state index contributed by atoms with van der Waals surface area (Å²) in [7, 11) is 0. The molecule has 0 spiro atoms. The third kappa shape index (κ3) is 6.17.